The molecule has 0 aliphatic heterocycles. The molecule has 4 nitrogen and oxygen atoms in total. The summed E-state index contributed by atoms with van der Waals surface area (Å²) in [6.07, 6.45) is 4.23. The third-order valence-corrected chi connectivity index (χ3v) is 3.05. The van der Waals surface area contributed by atoms with E-state index in [-0.39, 0.29) is 0 Å². The van der Waals surface area contributed by atoms with Crippen LogP contribution in [0.4, 0.5) is 0 Å². The van der Waals surface area contributed by atoms with Gasteiger partial charge in [-0.25, -0.2) is 4.79 Å². The molecule has 1 unspecified atom stereocenters. The number of nitrogens with zero attached hydrogens (tertiary/aromatic N) is 1. The van der Waals surface area contributed by atoms with Gasteiger partial charge in [-0.15, -0.1) is 0 Å². The number of carboxylic acids is 1. The van der Waals surface area contributed by atoms with E-state index in [4.69, 9.17) is 9.84 Å². The zero-order valence-corrected chi connectivity index (χ0v) is 9.61. The number of hydrogen-bond donors (Lipinski definition) is 1. The topological polar surface area (TPSA) is 49.8 Å². The van der Waals surface area contributed by atoms with Gasteiger partial charge in [0, 0.05) is 19.2 Å². The predicted molar refractivity (Wildman–Crippen MR) is 57.9 cm³/mol. The summed E-state index contributed by atoms with van der Waals surface area (Å²) in [6.45, 7) is 2.77. The van der Waals surface area contributed by atoms with Gasteiger partial charge >= 0.3 is 5.97 Å². The van der Waals surface area contributed by atoms with Crippen molar-refractivity contribution in [2.75, 3.05) is 20.2 Å². The number of hydrogen-bond acceptors (Lipinski definition) is 3. The largest absolute Gasteiger partial charge is 0.479 e. The van der Waals surface area contributed by atoms with Crippen LogP contribution < -0.4 is 0 Å². The van der Waals surface area contributed by atoms with Crippen LogP contribution in [0.3, 0.4) is 0 Å². The second-order valence-electron chi connectivity index (χ2n) is 4.16. The second-order valence-corrected chi connectivity index (χ2v) is 4.16. The molecule has 1 fully saturated rings. The van der Waals surface area contributed by atoms with Crippen molar-refractivity contribution in [1.29, 1.82) is 0 Å². The molecule has 0 aromatic rings. The average Bonchev–Trinajstić information content (AvgIpc) is 2.69. The Hall–Kier alpha value is -0.610. The van der Waals surface area contributed by atoms with E-state index in [2.05, 4.69) is 4.90 Å². The predicted octanol–water partition coefficient (Wildman–Crippen LogP) is 1.35. The van der Waals surface area contributed by atoms with Gasteiger partial charge in [-0.05, 0) is 26.8 Å². The molecule has 4 heteroatoms. The van der Waals surface area contributed by atoms with Crippen LogP contribution in [-0.4, -0.2) is 48.3 Å². The molecule has 0 bridgehead atoms. The molecule has 0 aromatic carbocycles. The van der Waals surface area contributed by atoms with Gasteiger partial charge in [0.2, 0.25) is 0 Å². The first kappa shape index (κ1) is 12.5. The SMILES string of the molecule is CCOC(CN(C)C1CCCC1)C(=O)O. The van der Waals surface area contributed by atoms with Crippen LogP contribution in [0, 0.1) is 0 Å². The molecule has 15 heavy (non-hydrogen) atoms. The number of rotatable bonds is 6. The van der Waals surface area contributed by atoms with Crippen LogP contribution in [0.1, 0.15) is 32.6 Å². The lowest BCUT2D eigenvalue weighted by Gasteiger charge is -2.26. The van der Waals surface area contributed by atoms with Crippen LogP contribution >= 0.6 is 0 Å². The lowest BCUT2D eigenvalue weighted by molar-refractivity contribution is -0.151. The lowest BCUT2D eigenvalue weighted by Crippen LogP contribution is -2.40. The second kappa shape index (κ2) is 6.08. The Morgan fingerprint density at radius 3 is 2.60 bits per heavy atom. The van der Waals surface area contributed by atoms with E-state index in [0.717, 1.165) is 0 Å². The summed E-state index contributed by atoms with van der Waals surface area (Å²) in [5, 5.41) is 8.94. The standard InChI is InChI=1S/C11H21NO3/c1-3-15-10(11(13)14)8-12(2)9-6-4-5-7-9/h9-10H,3-8H2,1-2H3,(H,13,14). The number of carbonyl (C=O) groups is 1. The normalized spacial score (nSPS) is 19.7. The first-order valence-corrected chi connectivity index (χ1v) is 5.69. The number of aliphatic carboxylic acids is 1. The fourth-order valence-corrected chi connectivity index (χ4v) is 2.16. The highest BCUT2D eigenvalue weighted by atomic mass is 16.5. The Kier molecular flexibility index (Phi) is 5.05. The molecule has 1 rings (SSSR count). The molecule has 1 aliphatic carbocycles. The fourth-order valence-electron chi connectivity index (χ4n) is 2.16. The van der Waals surface area contributed by atoms with Crippen molar-refractivity contribution in [2.45, 2.75) is 44.8 Å². The van der Waals surface area contributed by atoms with Crippen molar-refractivity contribution < 1.29 is 14.6 Å². The van der Waals surface area contributed by atoms with E-state index >= 15 is 0 Å². The Labute approximate surface area is 91.2 Å². The molecule has 1 N–H and O–H groups in total. The third-order valence-electron chi connectivity index (χ3n) is 3.05. The zero-order valence-electron chi connectivity index (χ0n) is 9.61. The van der Waals surface area contributed by atoms with Crippen molar-refractivity contribution >= 4 is 5.97 Å². The monoisotopic (exact) mass is 215 g/mol. The summed E-state index contributed by atoms with van der Waals surface area (Å²) in [4.78, 5) is 13.0. The van der Waals surface area contributed by atoms with E-state index < -0.39 is 12.1 Å². The average molecular weight is 215 g/mol. The maximum absolute atomic E-state index is 10.9. The lowest BCUT2D eigenvalue weighted by atomic mass is 10.2. The minimum absolute atomic E-state index is 0.454. The molecule has 1 aliphatic rings. The molecule has 1 saturated carbocycles. The Balaban J connectivity index is 2.38. The summed E-state index contributed by atoms with van der Waals surface area (Å²) >= 11 is 0. The van der Waals surface area contributed by atoms with Gasteiger partial charge in [0.25, 0.3) is 0 Å². The molecule has 0 aromatic heterocycles. The van der Waals surface area contributed by atoms with Gasteiger partial charge in [-0.2, -0.15) is 0 Å². The smallest absolute Gasteiger partial charge is 0.334 e. The van der Waals surface area contributed by atoms with Gasteiger partial charge in [-0.1, -0.05) is 12.8 Å². The van der Waals surface area contributed by atoms with Crippen LogP contribution in [0.5, 0.6) is 0 Å². The molecular weight excluding hydrogens is 194 g/mol. The van der Waals surface area contributed by atoms with Gasteiger partial charge in [0.1, 0.15) is 0 Å². The Bertz CT molecular complexity index is 202. The van der Waals surface area contributed by atoms with E-state index in [1.807, 2.05) is 14.0 Å². The number of ether oxygens (including phenoxy) is 1. The van der Waals surface area contributed by atoms with Crippen molar-refractivity contribution in [2.24, 2.45) is 0 Å². The molecular formula is C11H21NO3. The van der Waals surface area contributed by atoms with Crippen molar-refractivity contribution in [3.05, 3.63) is 0 Å². The highest BCUT2D eigenvalue weighted by molar-refractivity contribution is 5.72. The van der Waals surface area contributed by atoms with Gasteiger partial charge in [0.05, 0.1) is 0 Å². The molecule has 0 amide bonds. The molecule has 88 valence electrons. The Morgan fingerprint density at radius 1 is 1.53 bits per heavy atom. The minimum Gasteiger partial charge on any atom is -0.479 e. The van der Waals surface area contributed by atoms with Crippen molar-refractivity contribution in [3.8, 4) is 0 Å². The fraction of sp³-hybridized carbons (Fsp3) is 0.909. The highest BCUT2D eigenvalue weighted by Crippen LogP contribution is 2.22. The first-order chi connectivity index (χ1) is 7.15. The summed E-state index contributed by atoms with van der Waals surface area (Å²) in [5.41, 5.74) is 0. The summed E-state index contributed by atoms with van der Waals surface area (Å²) in [6, 6.07) is 0.548. The summed E-state index contributed by atoms with van der Waals surface area (Å²) in [7, 11) is 1.99. The van der Waals surface area contributed by atoms with E-state index in [1.165, 1.54) is 25.7 Å². The molecule has 0 spiro atoms. The van der Waals surface area contributed by atoms with Crippen molar-refractivity contribution in [3.63, 3.8) is 0 Å². The Morgan fingerprint density at radius 2 is 2.13 bits per heavy atom. The van der Waals surface area contributed by atoms with Crippen LogP contribution in [-0.2, 0) is 9.53 Å². The van der Waals surface area contributed by atoms with Crippen LogP contribution in [0.15, 0.2) is 0 Å². The maximum atomic E-state index is 10.9. The van der Waals surface area contributed by atoms with Gasteiger partial charge in [-0.3, -0.25) is 0 Å². The van der Waals surface area contributed by atoms with Gasteiger partial charge < -0.3 is 14.7 Å². The quantitative estimate of drug-likeness (QED) is 0.726. The zero-order chi connectivity index (χ0) is 11.3. The summed E-state index contributed by atoms with van der Waals surface area (Å²) in [5.74, 6) is -0.860. The third kappa shape index (κ3) is 3.80. The first-order valence-electron chi connectivity index (χ1n) is 5.69. The van der Waals surface area contributed by atoms with Crippen LogP contribution in [0.2, 0.25) is 0 Å². The van der Waals surface area contributed by atoms with E-state index in [9.17, 15) is 4.79 Å². The van der Waals surface area contributed by atoms with E-state index in [1.54, 1.807) is 0 Å². The minimum atomic E-state index is -0.860. The van der Waals surface area contributed by atoms with Gasteiger partial charge in [0.15, 0.2) is 6.10 Å². The molecule has 0 heterocycles. The van der Waals surface area contributed by atoms with Crippen LogP contribution in [0.25, 0.3) is 0 Å². The van der Waals surface area contributed by atoms with E-state index in [0.29, 0.717) is 19.2 Å². The van der Waals surface area contributed by atoms with Crippen molar-refractivity contribution in [1.82, 2.24) is 4.90 Å². The summed E-state index contributed by atoms with van der Waals surface area (Å²) < 4.78 is 5.19. The molecule has 1 atom stereocenters. The molecule has 0 saturated heterocycles. The maximum Gasteiger partial charge on any atom is 0.334 e. The number of carboxylic acid groups (broad SMARTS) is 1. The number of likely N-dealkylation sites (N-methyl/N-ethyl adjacent to an activating group) is 1. The molecule has 0 radical (unpaired) electrons. The highest BCUT2D eigenvalue weighted by Gasteiger charge is 2.25.